The molecule has 2 amide bonds. The smallest absolute Gasteiger partial charge is 0.342 e. The Labute approximate surface area is 173 Å². The van der Waals surface area contributed by atoms with Crippen molar-refractivity contribution in [3.8, 4) is 0 Å². The number of carbonyl (C=O) groups is 2. The second-order valence-electron chi connectivity index (χ2n) is 7.70. The lowest BCUT2D eigenvalue weighted by Gasteiger charge is -2.36. The molecule has 2 heterocycles. The zero-order valence-electron chi connectivity index (χ0n) is 16.1. The normalized spacial score (nSPS) is 21.1. The Morgan fingerprint density at radius 1 is 1.10 bits per heavy atom. The van der Waals surface area contributed by atoms with Gasteiger partial charge in [0.25, 0.3) is 0 Å². The summed E-state index contributed by atoms with van der Waals surface area (Å²) < 4.78 is 38.6. The molecule has 2 fully saturated rings. The standard InChI is InChI=1S/C20H25ClF3N3O2/c21-16-7-6-15(20(22,23)24)11-17(16)25-18(28)13-26-8-4-5-14(12-26)19(29)27-9-2-1-3-10-27/h6-7,11,14H,1-5,8-10,12-13H2,(H,25,28). The van der Waals surface area contributed by atoms with Gasteiger partial charge in [0.2, 0.25) is 11.8 Å². The van der Waals surface area contributed by atoms with E-state index in [0.717, 1.165) is 63.4 Å². The predicted molar refractivity (Wildman–Crippen MR) is 105 cm³/mol. The fraction of sp³-hybridized carbons (Fsp3) is 0.600. The van der Waals surface area contributed by atoms with Gasteiger partial charge in [-0.25, -0.2) is 0 Å². The Balaban J connectivity index is 1.57. The Kier molecular flexibility index (Phi) is 7.05. The SMILES string of the molecule is O=C(CN1CCCC(C(=O)N2CCCCC2)C1)Nc1cc(C(F)(F)F)ccc1Cl. The summed E-state index contributed by atoms with van der Waals surface area (Å²) in [6.45, 7) is 2.76. The van der Waals surface area contributed by atoms with Crippen LogP contribution in [-0.2, 0) is 15.8 Å². The van der Waals surface area contributed by atoms with Crippen LogP contribution in [0.2, 0.25) is 5.02 Å². The molecule has 0 aromatic heterocycles. The molecule has 0 aliphatic carbocycles. The number of carbonyl (C=O) groups excluding carboxylic acids is 2. The molecule has 29 heavy (non-hydrogen) atoms. The van der Waals surface area contributed by atoms with Crippen LogP contribution >= 0.6 is 11.6 Å². The van der Waals surface area contributed by atoms with Crippen molar-refractivity contribution in [1.82, 2.24) is 9.80 Å². The molecule has 160 valence electrons. The van der Waals surface area contributed by atoms with E-state index in [4.69, 9.17) is 11.6 Å². The molecule has 2 aliphatic rings. The van der Waals surface area contributed by atoms with Gasteiger partial charge in [-0.2, -0.15) is 13.2 Å². The topological polar surface area (TPSA) is 52.7 Å². The minimum absolute atomic E-state index is 0.0103. The number of halogens is 4. The number of alkyl halides is 3. The van der Waals surface area contributed by atoms with Gasteiger partial charge in [-0.05, 0) is 56.8 Å². The first-order valence-electron chi connectivity index (χ1n) is 9.92. The number of piperidine rings is 2. The molecular formula is C20H25ClF3N3O2. The zero-order chi connectivity index (χ0) is 21.0. The van der Waals surface area contributed by atoms with E-state index in [9.17, 15) is 22.8 Å². The van der Waals surface area contributed by atoms with E-state index in [-0.39, 0.29) is 29.1 Å². The predicted octanol–water partition coefficient (Wildman–Crippen LogP) is 4.02. The fourth-order valence-electron chi connectivity index (χ4n) is 3.96. The van der Waals surface area contributed by atoms with Crippen molar-refractivity contribution in [3.05, 3.63) is 28.8 Å². The first kappa shape index (κ1) is 21.9. The van der Waals surface area contributed by atoms with Gasteiger partial charge in [0.05, 0.1) is 28.7 Å². The highest BCUT2D eigenvalue weighted by Gasteiger charge is 2.32. The third-order valence-corrected chi connectivity index (χ3v) is 5.79. The van der Waals surface area contributed by atoms with Crippen LogP contribution in [0.15, 0.2) is 18.2 Å². The largest absolute Gasteiger partial charge is 0.416 e. The summed E-state index contributed by atoms with van der Waals surface area (Å²) >= 11 is 5.94. The zero-order valence-corrected chi connectivity index (χ0v) is 16.9. The summed E-state index contributed by atoms with van der Waals surface area (Å²) in [7, 11) is 0. The molecule has 9 heteroatoms. The van der Waals surface area contributed by atoms with Crippen LogP contribution in [0.3, 0.4) is 0 Å². The number of hydrogen-bond acceptors (Lipinski definition) is 3. The van der Waals surface area contributed by atoms with Gasteiger partial charge >= 0.3 is 6.18 Å². The molecule has 1 atom stereocenters. The molecule has 0 spiro atoms. The van der Waals surface area contributed by atoms with E-state index >= 15 is 0 Å². The molecule has 0 saturated carbocycles. The van der Waals surface area contributed by atoms with Crippen molar-refractivity contribution in [3.63, 3.8) is 0 Å². The molecule has 5 nitrogen and oxygen atoms in total. The van der Waals surface area contributed by atoms with Gasteiger partial charge < -0.3 is 10.2 Å². The van der Waals surface area contributed by atoms with Crippen molar-refractivity contribution in [2.75, 3.05) is 38.0 Å². The first-order chi connectivity index (χ1) is 13.7. The van der Waals surface area contributed by atoms with Crippen molar-refractivity contribution < 1.29 is 22.8 Å². The van der Waals surface area contributed by atoms with Crippen LogP contribution < -0.4 is 5.32 Å². The third kappa shape index (κ3) is 5.85. The van der Waals surface area contributed by atoms with Crippen LogP contribution in [-0.4, -0.2) is 54.3 Å². The van der Waals surface area contributed by atoms with Crippen molar-refractivity contribution in [1.29, 1.82) is 0 Å². The Hall–Kier alpha value is -1.80. The van der Waals surface area contributed by atoms with Crippen LogP contribution in [0, 0.1) is 5.92 Å². The maximum atomic E-state index is 12.9. The van der Waals surface area contributed by atoms with E-state index in [1.165, 1.54) is 0 Å². The maximum Gasteiger partial charge on any atom is 0.416 e. The highest BCUT2D eigenvalue weighted by Crippen LogP contribution is 2.33. The molecule has 1 aromatic rings. The monoisotopic (exact) mass is 431 g/mol. The molecule has 0 bridgehead atoms. The quantitative estimate of drug-likeness (QED) is 0.783. The number of anilines is 1. The Bertz CT molecular complexity index is 751. The average Bonchev–Trinajstić information content (AvgIpc) is 2.69. The summed E-state index contributed by atoms with van der Waals surface area (Å²) in [5.41, 5.74) is -0.938. The number of benzene rings is 1. The van der Waals surface area contributed by atoms with Crippen molar-refractivity contribution in [2.24, 2.45) is 5.92 Å². The molecular weight excluding hydrogens is 407 g/mol. The summed E-state index contributed by atoms with van der Waals surface area (Å²) in [6.07, 6.45) is 0.303. The highest BCUT2D eigenvalue weighted by molar-refractivity contribution is 6.33. The molecule has 2 aliphatic heterocycles. The number of nitrogens with zero attached hydrogens (tertiary/aromatic N) is 2. The summed E-state index contributed by atoms with van der Waals surface area (Å²) in [5, 5.41) is 2.51. The Morgan fingerprint density at radius 3 is 2.52 bits per heavy atom. The summed E-state index contributed by atoms with van der Waals surface area (Å²) in [4.78, 5) is 28.9. The van der Waals surface area contributed by atoms with E-state index in [0.29, 0.717) is 13.1 Å². The Morgan fingerprint density at radius 2 is 1.83 bits per heavy atom. The maximum absolute atomic E-state index is 12.9. The number of nitrogens with one attached hydrogen (secondary N) is 1. The molecule has 1 unspecified atom stereocenters. The minimum atomic E-state index is -4.51. The molecule has 0 radical (unpaired) electrons. The lowest BCUT2D eigenvalue weighted by molar-refractivity contribution is -0.139. The van der Waals surface area contributed by atoms with E-state index < -0.39 is 17.6 Å². The summed E-state index contributed by atoms with van der Waals surface area (Å²) in [5.74, 6) is -0.431. The average molecular weight is 432 g/mol. The van der Waals surface area contributed by atoms with Gasteiger partial charge in [-0.1, -0.05) is 11.6 Å². The number of amides is 2. The number of rotatable bonds is 4. The molecule has 1 aromatic carbocycles. The van der Waals surface area contributed by atoms with E-state index in [1.54, 1.807) is 0 Å². The van der Waals surface area contributed by atoms with Gasteiger partial charge in [0.15, 0.2) is 0 Å². The van der Waals surface area contributed by atoms with Crippen LogP contribution in [0.5, 0.6) is 0 Å². The third-order valence-electron chi connectivity index (χ3n) is 5.46. The first-order valence-corrected chi connectivity index (χ1v) is 10.3. The van der Waals surface area contributed by atoms with Crippen LogP contribution in [0.25, 0.3) is 0 Å². The van der Waals surface area contributed by atoms with Gasteiger partial charge in [-0.3, -0.25) is 14.5 Å². The fourth-order valence-corrected chi connectivity index (χ4v) is 4.13. The van der Waals surface area contributed by atoms with Crippen molar-refractivity contribution >= 4 is 29.1 Å². The van der Waals surface area contributed by atoms with E-state index in [2.05, 4.69) is 5.32 Å². The number of likely N-dealkylation sites (tertiary alicyclic amines) is 2. The van der Waals surface area contributed by atoms with Crippen LogP contribution in [0.1, 0.15) is 37.7 Å². The molecule has 3 rings (SSSR count). The van der Waals surface area contributed by atoms with Crippen LogP contribution in [0.4, 0.5) is 18.9 Å². The van der Waals surface area contributed by atoms with Gasteiger partial charge in [0.1, 0.15) is 0 Å². The number of hydrogen-bond donors (Lipinski definition) is 1. The lowest BCUT2D eigenvalue weighted by atomic mass is 9.95. The summed E-state index contributed by atoms with van der Waals surface area (Å²) in [6, 6.07) is 2.83. The lowest BCUT2D eigenvalue weighted by Crippen LogP contribution is -2.47. The highest BCUT2D eigenvalue weighted by atomic mass is 35.5. The molecule has 2 saturated heterocycles. The van der Waals surface area contributed by atoms with Gasteiger partial charge in [-0.15, -0.1) is 0 Å². The van der Waals surface area contributed by atoms with Crippen molar-refractivity contribution in [2.45, 2.75) is 38.3 Å². The van der Waals surface area contributed by atoms with E-state index in [1.807, 2.05) is 9.80 Å². The second-order valence-corrected chi connectivity index (χ2v) is 8.11. The minimum Gasteiger partial charge on any atom is -0.342 e. The van der Waals surface area contributed by atoms with Gasteiger partial charge in [0, 0.05) is 19.6 Å². The molecule has 1 N–H and O–H groups in total. The second kappa shape index (κ2) is 9.34.